The van der Waals surface area contributed by atoms with Gasteiger partial charge in [0, 0.05) is 15.3 Å². The zero-order valence-electron chi connectivity index (χ0n) is 10.0. The maximum atomic E-state index is 13.6. The topological polar surface area (TPSA) is 29.1 Å². The second-order valence-corrected chi connectivity index (χ2v) is 5.29. The summed E-state index contributed by atoms with van der Waals surface area (Å²) in [4.78, 5) is 11.9. The van der Waals surface area contributed by atoms with Crippen LogP contribution in [-0.4, -0.2) is 5.91 Å². The molecule has 0 bridgehead atoms. The van der Waals surface area contributed by atoms with E-state index >= 15 is 0 Å². The number of halogens is 3. The van der Waals surface area contributed by atoms with Crippen LogP contribution in [0.4, 0.5) is 14.5 Å². The molecule has 5 heteroatoms. The number of hydrogen-bond donors (Lipinski definition) is 1. The van der Waals surface area contributed by atoms with E-state index in [1.807, 2.05) is 6.07 Å². The number of amides is 1. The summed E-state index contributed by atoms with van der Waals surface area (Å²) in [6.45, 7) is 1.48. The standard InChI is InChI=1S/C14H10F2INO/c1-8-5-11(13(16)7-12(8)15)14(19)18-10-4-2-3-9(17)6-10/h2-7H,1H3,(H,18,19). The molecule has 2 aromatic rings. The van der Waals surface area contributed by atoms with E-state index in [2.05, 4.69) is 27.9 Å². The van der Waals surface area contributed by atoms with E-state index in [0.717, 1.165) is 9.64 Å². The molecule has 0 aliphatic carbocycles. The summed E-state index contributed by atoms with van der Waals surface area (Å²) in [6.07, 6.45) is 0. The van der Waals surface area contributed by atoms with Crippen molar-refractivity contribution in [3.63, 3.8) is 0 Å². The number of benzene rings is 2. The Labute approximate surface area is 123 Å². The van der Waals surface area contributed by atoms with Crippen molar-refractivity contribution >= 4 is 34.2 Å². The fraction of sp³-hybridized carbons (Fsp3) is 0.0714. The predicted octanol–water partition coefficient (Wildman–Crippen LogP) is 4.13. The summed E-state index contributed by atoms with van der Waals surface area (Å²) in [5.41, 5.74) is 0.630. The van der Waals surface area contributed by atoms with Gasteiger partial charge in [-0.15, -0.1) is 0 Å². The number of anilines is 1. The quantitative estimate of drug-likeness (QED) is 0.789. The molecule has 0 spiro atoms. The number of aryl methyl sites for hydroxylation is 1. The second kappa shape index (κ2) is 5.64. The molecule has 2 aromatic carbocycles. The number of hydrogen-bond acceptors (Lipinski definition) is 1. The van der Waals surface area contributed by atoms with Gasteiger partial charge in [0.25, 0.3) is 5.91 Å². The Bertz CT molecular complexity index is 643. The summed E-state index contributed by atoms with van der Waals surface area (Å²) in [5, 5.41) is 2.58. The van der Waals surface area contributed by atoms with Crippen LogP contribution >= 0.6 is 22.6 Å². The molecule has 0 atom stereocenters. The van der Waals surface area contributed by atoms with Crippen LogP contribution in [0.15, 0.2) is 36.4 Å². The van der Waals surface area contributed by atoms with Crippen molar-refractivity contribution in [2.24, 2.45) is 0 Å². The van der Waals surface area contributed by atoms with Gasteiger partial charge in [-0.3, -0.25) is 4.79 Å². The molecular formula is C14H10F2INO. The Kier molecular flexibility index (Phi) is 4.14. The monoisotopic (exact) mass is 373 g/mol. The van der Waals surface area contributed by atoms with Gasteiger partial charge in [0.1, 0.15) is 11.6 Å². The van der Waals surface area contributed by atoms with E-state index in [-0.39, 0.29) is 11.1 Å². The van der Waals surface area contributed by atoms with Crippen LogP contribution in [0, 0.1) is 22.1 Å². The number of rotatable bonds is 2. The van der Waals surface area contributed by atoms with E-state index in [9.17, 15) is 13.6 Å². The highest BCUT2D eigenvalue weighted by molar-refractivity contribution is 14.1. The Balaban J connectivity index is 2.28. The lowest BCUT2D eigenvalue weighted by molar-refractivity contribution is 0.102. The minimum atomic E-state index is -0.869. The van der Waals surface area contributed by atoms with Crippen molar-refractivity contribution in [3.05, 3.63) is 62.7 Å². The predicted molar refractivity (Wildman–Crippen MR) is 78.2 cm³/mol. The van der Waals surface area contributed by atoms with Crippen LogP contribution in [0.1, 0.15) is 15.9 Å². The third kappa shape index (κ3) is 3.28. The van der Waals surface area contributed by atoms with Crippen molar-refractivity contribution in [1.29, 1.82) is 0 Å². The third-order valence-electron chi connectivity index (χ3n) is 2.58. The first kappa shape index (κ1) is 13.9. The minimum absolute atomic E-state index is 0.169. The second-order valence-electron chi connectivity index (χ2n) is 4.05. The molecule has 0 saturated carbocycles. The largest absolute Gasteiger partial charge is 0.322 e. The third-order valence-corrected chi connectivity index (χ3v) is 3.25. The van der Waals surface area contributed by atoms with Crippen LogP contribution < -0.4 is 5.32 Å². The van der Waals surface area contributed by atoms with Gasteiger partial charge >= 0.3 is 0 Å². The number of nitrogens with one attached hydrogen (secondary N) is 1. The fourth-order valence-corrected chi connectivity index (χ4v) is 2.14. The molecule has 98 valence electrons. The first-order chi connectivity index (χ1) is 8.97. The van der Waals surface area contributed by atoms with Crippen molar-refractivity contribution in [2.75, 3.05) is 5.32 Å². The van der Waals surface area contributed by atoms with Crippen LogP contribution in [-0.2, 0) is 0 Å². The first-order valence-electron chi connectivity index (χ1n) is 5.50. The molecule has 1 amide bonds. The van der Waals surface area contributed by atoms with Gasteiger partial charge in [0.2, 0.25) is 0 Å². The van der Waals surface area contributed by atoms with Crippen molar-refractivity contribution in [2.45, 2.75) is 6.92 Å². The highest BCUT2D eigenvalue weighted by Gasteiger charge is 2.14. The minimum Gasteiger partial charge on any atom is -0.322 e. The van der Waals surface area contributed by atoms with Crippen LogP contribution in [0.3, 0.4) is 0 Å². The lowest BCUT2D eigenvalue weighted by atomic mass is 10.1. The molecule has 1 N–H and O–H groups in total. The molecule has 0 unspecified atom stereocenters. The van der Waals surface area contributed by atoms with Gasteiger partial charge in [0.15, 0.2) is 0 Å². The lowest BCUT2D eigenvalue weighted by Crippen LogP contribution is -2.14. The van der Waals surface area contributed by atoms with E-state index in [1.54, 1.807) is 18.2 Å². The maximum absolute atomic E-state index is 13.6. The zero-order chi connectivity index (χ0) is 14.0. The van der Waals surface area contributed by atoms with Crippen LogP contribution in [0.2, 0.25) is 0 Å². The normalized spacial score (nSPS) is 10.3. The molecule has 0 fully saturated rings. The smallest absolute Gasteiger partial charge is 0.258 e. The lowest BCUT2D eigenvalue weighted by Gasteiger charge is -2.08. The van der Waals surface area contributed by atoms with Crippen molar-refractivity contribution in [1.82, 2.24) is 0 Å². The van der Waals surface area contributed by atoms with Crippen molar-refractivity contribution < 1.29 is 13.6 Å². The van der Waals surface area contributed by atoms with E-state index in [4.69, 9.17) is 0 Å². The first-order valence-corrected chi connectivity index (χ1v) is 6.58. The average molecular weight is 373 g/mol. The molecule has 0 aliphatic heterocycles. The van der Waals surface area contributed by atoms with Crippen LogP contribution in [0.5, 0.6) is 0 Å². The number of carbonyl (C=O) groups excluding carboxylic acids is 1. The Morgan fingerprint density at radius 1 is 1.16 bits per heavy atom. The van der Waals surface area contributed by atoms with Gasteiger partial charge in [-0.2, -0.15) is 0 Å². The molecule has 0 heterocycles. The number of carbonyl (C=O) groups is 1. The molecular weight excluding hydrogens is 363 g/mol. The van der Waals surface area contributed by atoms with E-state index in [1.165, 1.54) is 13.0 Å². The molecule has 0 radical (unpaired) electrons. The maximum Gasteiger partial charge on any atom is 0.258 e. The van der Waals surface area contributed by atoms with Gasteiger partial charge in [-0.05, 0) is 59.3 Å². The summed E-state index contributed by atoms with van der Waals surface area (Å²) >= 11 is 2.11. The summed E-state index contributed by atoms with van der Waals surface area (Å²) in [6, 6.07) is 9.04. The fourth-order valence-electron chi connectivity index (χ4n) is 1.60. The molecule has 0 aromatic heterocycles. The molecule has 2 nitrogen and oxygen atoms in total. The Morgan fingerprint density at radius 3 is 2.58 bits per heavy atom. The van der Waals surface area contributed by atoms with Gasteiger partial charge in [-0.25, -0.2) is 8.78 Å². The summed E-state index contributed by atoms with van der Waals surface area (Å²) in [5.74, 6) is -2.13. The average Bonchev–Trinajstić information content (AvgIpc) is 2.33. The highest BCUT2D eigenvalue weighted by atomic mass is 127. The summed E-state index contributed by atoms with van der Waals surface area (Å²) in [7, 11) is 0. The molecule has 2 rings (SSSR count). The SMILES string of the molecule is Cc1cc(C(=O)Nc2cccc(I)c2)c(F)cc1F. The summed E-state index contributed by atoms with van der Waals surface area (Å²) < 4.78 is 27.6. The molecule has 19 heavy (non-hydrogen) atoms. The molecule has 0 aliphatic rings. The van der Waals surface area contributed by atoms with Gasteiger partial charge < -0.3 is 5.32 Å². The zero-order valence-corrected chi connectivity index (χ0v) is 12.2. The van der Waals surface area contributed by atoms with E-state index in [0.29, 0.717) is 5.69 Å². The molecule has 0 saturated heterocycles. The van der Waals surface area contributed by atoms with Crippen LogP contribution in [0.25, 0.3) is 0 Å². The highest BCUT2D eigenvalue weighted by Crippen LogP contribution is 2.17. The Morgan fingerprint density at radius 2 is 1.89 bits per heavy atom. The Hall–Kier alpha value is -1.50. The van der Waals surface area contributed by atoms with Gasteiger partial charge in [-0.1, -0.05) is 6.07 Å². The van der Waals surface area contributed by atoms with E-state index < -0.39 is 17.5 Å². The van der Waals surface area contributed by atoms with Gasteiger partial charge in [0.05, 0.1) is 5.56 Å². The van der Waals surface area contributed by atoms with Crippen molar-refractivity contribution in [3.8, 4) is 0 Å².